The third-order valence-corrected chi connectivity index (χ3v) is 1.76. The zero-order chi connectivity index (χ0) is 12.7. The van der Waals surface area contributed by atoms with Crippen molar-refractivity contribution in [3.63, 3.8) is 0 Å². The van der Waals surface area contributed by atoms with Crippen molar-refractivity contribution in [1.82, 2.24) is 9.97 Å². The van der Waals surface area contributed by atoms with Crippen LogP contribution in [0, 0.1) is 0 Å². The van der Waals surface area contributed by atoms with Crippen molar-refractivity contribution in [2.75, 3.05) is 18.5 Å². The van der Waals surface area contributed by atoms with Crippen LogP contribution in [0.2, 0.25) is 0 Å². The maximum atomic E-state index is 11.8. The lowest BCUT2D eigenvalue weighted by Gasteiger charge is -2.08. The van der Waals surface area contributed by atoms with Crippen LogP contribution in [0.5, 0.6) is 0 Å². The van der Waals surface area contributed by atoms with Crippen molar-refractivity contribution in [1.29, 1.82) is 0 Å². The fourth-order valence-electron chi connectivity index (χ4n) is 1.08. The lowest BCUT2D eigenvalue weighted by molar-refractivity contribution is -0.177. The Labute approximate surface area is 97.2 Å². The second-order valence-corrected chi connectivity index (χ2v) is 3.39. The molecule has 0 aromatic carbocycles. The molecule has 0 saturated heterocycles. The van der Waals surface area contributed by atoms with Gasteiger partial charge in [-0.2, -0.15) is 13.2 Å². The van der Waals surface area contributed by atoms with E-state index in [1.54, 1.807) is 6.07 Å². The van der Waals surface area contributed by atoms with Gasteiger partial charge in [-0.3, -0.25) is 0 Å². The van der Waals surface area contributed by atoms with E-state index >= 15 is 0 Å². The first-order chi connectivity index (χ1) is 8.01. The Bertz CT molecular complexity index is 344. The fraction of sp³-hybridized carbons (Fsp3) is 0.600. The van der Waals surface area contributed by atoms with Gasteiger partial charge in [0.25, 0.3) is 0 Å². The lowest BCUT2D eigenvalue weighted by Crippen LogP contribution is -2.17. The van der Waals surface area contributed by atoms with Crippen molar-refractivity contribution >= 4 is 5.82 Å². The highest BCUT2D eigenvalue weighted by Crippen LogP contribution is 2.15. The molecule has 0 atom stereocenters. The maximum Gasteiger partial charge on any atom is 0.411 e. The monoisotopic (exact) mass is 249 g/mol. The zero-order valence-electron chi connectivity index (χ0n) is 9.42. The van der Waals surface area contributed by atoms with Crippen LogP contribution in [0.4, 0.5) is 19.0 Å². The number of nitrogens with one attached hydrogen (secondary N) is 1. The van der Waals surface area contributed by atoms with Crippen LogP contribution in [0.3, 0.4) is 0 Å². The average Bonchev–Trinajstić information content (AvgIpc) is 2.25. The Kier molecular flexibility index (Phi) is 5.14. The molecule has 17 heavy (non-hydrogen) atoms. The molecule has 0 saturated carbocycles. The van der Waals surface area contributed by atoms with Crippen LogP contribution in [0.1, 0.15) is 19.2 Å². The molecule has 0 fully saturated rings. The third-order valence-electron chi connectivity index (χ3n) is 1.76. The predicted molar refractivity (Wildman–Crippen MR) is 56.5 cm³/mol. The number of hydrogen-bond donors (Lipinski definition) is 1. The number of alkyl halides is 3. The Morgan fingerprint density at radius 3 is 2.82 bits per heavy atom. The van der Waals surface area contributed by atoms with Crippen LogP contribution in [0.25, 0.3) is 0 Å². The summed E-state index contributed by atoms with van der Waals surface area (Å²) in [6.07, 6.45) is -1.90. The molecule has 1 heterocycles. The first-order valence-electron chi connectivity index (χ1n) is 5.21. The normalized spacial score (nSPS) is 11.5. The Hall–Kier alpha value is -1.37. The Morgan fingerprint density at radius 1 is 1.41 bits per heavy atom. The van der Waals surface area contributed by atoms with E-state index in [1.807, 2.05) is 6.92 Å². The molecule has 1 aromatic rings. The molecule has 0 bridgehead atoms. The summed E-state index contributed by atoms with van der Waals surface area (Å²) in [4.78, 5) is 7.84. The lowest BCUT2D eigenvalue weighted by atomic mass is 10.4. The molecule has 0 aliphatic rings. The average molecular weight is 249 g/mol. The molecule has 0 spiro atoms. The summed E-state index contributed by atoms with van der Waals surface area (Å²) in [5, 5.41) is 3.01. The van der Waals surface area contributed by atoms with Gasteiger partial charge in [0.15, 0.2) is 5.82 Å². The van der Waals surface area contributed by atoms with Crippen molar-refractivity contribution in [3.05, 3.63) is 18.1 Å². The second-order valence-electron chi connectivity index (χ2n) is 3.39. The van der Waals surface area contributed by atoms with Crippen molar-refractivity contribution in [2.24, 2.45) is 0 Å². The van der Waals surface area contributed by atoms with Crippen LogP contribution in [-0.2, 0) is 11.3 Å². The zero-order valence-corrected chi connectivity index (χ0v) is 9.42. The predicted octanol–water partition coefficient (Wildman–Crippen LogP) is 2.38. The minimum atomic E-state index is -4.32. The highest BCUT2D eigenvalue weighted by Gasteiger charge is 2.27. The SMILES string of the molecule is CCCNc1ccnc(COCC(F)(F)F)n1. The van der Waals surface area contributed by atoms with Crippen molar-refractivity contribution in [2.45, 2.75) is 26.1 Å². The van der Waals surface area contributed by atoms with Gasteiger partial charge in [0.05, 0.1) is 0 Å². The van der Waals surface area contributed by atoms with Gasteiger partial charge in [-0.1, -0.05) is 6.92 Å². The molecule has 1 rings (SSSR count). The summed E-state index contributed by atoms with van der Waals surface area (Å²) in [5.41, 5.74) is 0. The first-order valence-corrected chi connectivity index (χ1v) is 5.21. The third kappa shape index (κ3) is 6.06. The van der Waals surface area contributed by atoms with E-state index in [-0.39, 0.29) is 12.4 Å². The number of aromatic nitrogens is 2. The molecule has 0 radical (unpaired) electrons. The molecular formula is C10H14F3N3O. The Balaban J connectivity index is 2.43. The van der Waals surface area contributed by atoms with Crippen LogP contribution in [-0.4, -0.2) is 29.3 Å². The number of anilines is 1. The van der Waals surface area contributed by atoms with Crippen molar-refractivity contribution < 1.29 is 17.9 Å². The molecule has 0 unspecified atom stereocenters. The van der Waals surface area contributed by atoms with Gasteiger partial charge in [-0.25, -0.2) is 9.97 Å². The number of nitrogens with zero attached hydrogens (tertiary/aromatic N) is 2. The largest absolute Gasteiger partial charge is 0.411 e. The molecule has 96 valence electrons. The Morgan fingerprint density at radius 2 is 2.18 bits per heavy atom. The van der Waals surface area contributed by atoms with Gasteiger partial charge in [0.1, 0.15) is 19.0 Å². The summed E-state index contributed by atoms with van der Waals surface area (Å²) >= 11 is 0. The van der Waals surface area contributed by atoms with Crippen LogP contribution >= 0.6 is 0 Å². The van der Waals surface area contributed by atoms with E-state index < -0.39 is 12.8 Å². The summed E-state index contributed by atoms with van der Waals surface area (Å²) in [7, 11) is 0. The van der Waals surface area contributed by atoms with Gasteiger partial charge in [-0.05, 0) is 12.5 Å². The van der Waals surface area contributed by atoms with Gasteiger partial charge in [0, 0.05) is 12.7 Å². The van der Waals surface area contributed by atoms with E-state index in [1.165, 1.54) is 6.20 Å². The van der Waals surface area contributed by atoms with Crippen LogP contribution < -0.4 is 5.32 Å². The second kappa shape index (κ2) is 6.39. The summed E-state index contributed by atoms with van der Waals surface area (Å²) in [6.45, 7) is 1.21. The fourth-order valence-corrected chi connectivity index (χ4v) is 1.08. The minimum Gasteiger partial charge on any atom is -0.370 e. The van der Waals surface area contributed by atoms with E-state index in [9.17, 15) is 13.2 Å². The number of ether oxygens (including phenoxy) is 1. The van der Waals surface area contributed by atoms with E-state index in [0.29, 0.717) is 5.82 Å². The molecule has 0 aliphatic heterocycles. The molecule has 7 heteroatoms. The summed E-state index contributed by atoms with van der Waals surface area (Å²) in [5.74, 6) is 0.822. The number of halogens is 3. The smallest absolute Gasteiger partial charge is 0.370 e. The van der Waals surface area contributed by atoms with Crippen molar-refractivity contribution in [3.8, 4) is 0 Å². The van der Waals surface area contributed by atoms with E-state index in [4.69, 9.17) is 0 Å². The molecular weight excluding hydrogens is 235 g/mol. The van der Waals surface area contributed by atoms with Crippen LogP contribution in [0.15, 0.2) is 12.3 Å². The summed E-state index contributed by atoms with van der Waals surface area (Å²) in [6, 6.07) is 1.66. The minimum absolute atomic E-state index is 0.232. The topological polar surface area (TPSA) is 47.0 Å². The maximum absolute atomic E-state index is 11.8. The number of rotatable bonds is 6. The molecule has 4 nitrogen and oxygen atoms in total. The quantitative estimate of drug-likeness (QED) is 0.840. The van der Waals surface area contributed by atoms with E-state index in [2.05, 4.69) is 20.0 Å². The molecule has 0 amide bonds. The highest BCUT2D eigenvalue weighted by molar-refractivity contribution is 5.32. The molecule has 1 aromatic heterocycles. The molecule has 0 aliphatic carbocycles. The number of hydrogen-bond acceptors (Lipinski definition) is 4. The van der Waals surface area contributed by atoms with Gasteiger partial charge in [0.2, 0.25) is 0 Å². The van der Waals surface area contributed by atoms with Gasteiger partial charge < -0.3 is 10.1 Å². The van der Waals surface area contributed by atoms with E-state index in [0.717, 1.165) is 13.0 Å². The first kappa shape index (κ1) is 13.7. The summed E-state index contributed by atoms with van der Waals surface area (Å²) < 4.78 is 39.9. The standard InChI is InChI=1S/C10H14F3N3O/c1-2-4-14-8-3-5-15-9(16-8)6-17-7-10(11,12)13/h3,5H,2,4,6-7H2,1H3,(H,14,15,16). The van der Waals surface area contributed by atoms with Gasteiger partial charge >= 0.3 is 6.18 Å². The highest BCUT2D eigenvalue weighted by atomic mass is 19.4. The van der Waals surface area contributed by atoms with Gasteiger partial charge in [-0.15, -0.1) is 0 Å². The molecule has 1 N–H and O–H groups in total.